The van der Waals surface area contributed by atoms with Gasteiger partial charge in [0.1, 0.15) is 0 Å². The van der Waals surface area contributed by atoms with Gasteiger partial charge in [0, 0.05) is 11.3 Å². The largest absolute Gasteiger partial charge is 0.454 e. The molecule has 112 valence electrons. The molecule has 1 amide bonds. The normalized spacial score (nSPS) is 15.6. The van der Waals surface area contributed by atoms with Crippen molar-refractivity contribution in [2.45, 2.75) is 26.3 Å². The van der Waals surface area contributed by atoms with E-state index in [0.717, 1.165) is 17.0 Å². The number of hydrogen-bond acceptors (Lipinski definition) is 3. The van der Waals surface area contributed by atoms with Crippen molar-refractivity contribution >= 4 is 11.6 Å². The minimum Gasteiger partial charge on any atom is -0.454 e. The van der Waals surface area contributed by atoms with Crippen molar-refractivity contribution in [1.82, 2.24) is 0 Å². The van der Waals surface area contributed by atoms with Crippen molar-refractivity contribution in [2.24, 2.45) is 0 Å². The summed E-state index contributed by atoms with van der Waals surface area (Å²) in [6.07, 6.45) is 0. The highest BCUT2D eigenvalue weighted by Crippen LogP contribution is 2.39. The van der Waals surface area contributed by atoms with E-state index in [2.05, 4.69) is 26.0 Å². The van der Waals surface area contributed by atoms with E-state index < -0.39 is 0 Å². The number of rotatable bonds is 2. The maximum atomic E-state index is 12.6. The molecule has 0 aromatic heterocycles. The van der Waals surface area contributed by atoms with E-state index in [9.17, 15) is 4.79 Å². The Kier molecular flexibility index (Phi) is 2.86. The highest BCUT2D eigenvalue weighted by Gasteiger charge is 2.31. The number of amides is 1. The van der Waals surface area contributed by atoms with Gasteiger partial charge in [-0.25, -0.2) is 0 Å². The van der Waals surface area contributed by atoms with E-state index in [1.807, 2.05) is 18.2 Å². The maximum Gasteiger partial charge on any atom is 0.259 e. The number of anilines is 1. The van der Waals surface area contributed by atoms with Gasteiger partial charge in [0.05, 0.1) is 6.54 Å². The Hall–Kier alpha value is -2.49. The first kappa shape index (κ1) is 13.2. The Morgan fingerprint density at radius 3 is 2.41 bits per heavy atom. The van der Waals surface area contributed by atoms with Crippen LogP contribution in [-0.2, 0) is 6.54 Å². The molecule has 2 aromatic rings. The zero-order chi connectivity index (χ0) is 15.3. The van der Waals surface area contributed by atoms with E-state index in [4.69, 9.17) is 9.47 Å². The molecule has 4 heteroatoms. The zero-order valence-corrected chi connectivity index (χ0v) is 12.6. The molecule has 0 saturated heterocycles. The minimum absolute atomic E-state index is 0.0191. The predicted molar refractivity (Wildman–Crippen MR) is 83.6 cm³/mol. The molecule has 4 nitrogen and oxygen atoms in total. The summed E-state index contributed by atoms with van der Waals surface area (Å²) in [5, 5.41) is 0. The molecule has 0 aliphatic carbocycles. The fourth-order valence-electron chi connectivity index (χ4n) is 2.95. The number of carbonyl (C=O) groups excluding carboxylic acids is 1. The summed E-state index contributed by atoms with van der Waals surface area (Å²) in [5.41, 5.74) is 3.89. The Labute approximate surface area is 129 Å². The summed E-state index contributed by atoms with van der Waals surface area (Å²) < 4.78 is 10.8. The van der Waals surface area contributed by atoms with Gasteiger partial charge >= 0.3 is 0 Å². The number of fused-ring (bicyclic) bond motifs is 2. The second-order valence-electron chi connectivity index (χ2n) is 6.00. The first-order valence-corrected chi connectivity index (χ1v) is 7.48. The molecule has 0 unspecified atom stereocenters. The van der Waals surface area contributed by atoms with Crippen LogP contribution in [0.5, 0.6) is 11.5 Å². The van der Waals surface area contributed by atoms with E-state index in [0.29, 0.717) is 23.8 Å². The lowest BCUT2D eigenvalue weighted by atomic mass is 10.0. The molecule has 22 heavy (non-hydrogen) atoms. The molecule has 0 N–H and O–H groups in total. The van der Waals surface area contributed by atoms with Crippen LogP contribution in [0.1, 0.15) is 41.3 Å². The van der Waals surface area contributed by atoms with Crippen LogP contribution >= 0.6 is 0 Å². The molecule has 0 fully saturated rings. The molecule has 0 bridgehead atoms. The Morgan fingerprint density at radius 2 is 1.73 bits per heavy atom. The quantitative estimate of drug-likeness (QED) is 0.848. The third-order valence-electron chi connectivity index (χ3n) is 4.27. The smallest absolute Gasteiger partial charge is 0.259 e. The van der Waals surface area contributed by atoms with Gasteiger partial charge in [0.2, 0.25) is 6.79 Å². The number of ether oxygens (including phenoxy) is 2. The predicted octanol–water partition coefficient (Wildman–Crippen LogP) is 3.70. The van der Waals surface area contributed by atoms with Crippen molar-refractivity contribution in [3.63, 3.8) is 0 Å². The van der Waals surface area contributed by atoms with Crippen LogP contribution in [-0.4, -0.2) is 12.7 Å². The number of carbonyl (C=O) groups is 1. The summed E-state index contributed by atoms with van der Waals surface area (Å²) in [6, 6.07) is 11.9. The molecule has 0 atom stereocenters. The first-order chi connectivity index (χ1) is 10.6. The minimum atomic E-state index is 0.0191. The average Bonchev–Trinajstić information content (AvgIpc) is 3.10. The highest BCUT2D eigenvalue weighted by atomic mass is 16.7. The monoisotopic (exact) mass is 295 g/mol. The SMILES string of the molecule is CC(C)c1ccc(N2Cc3cc4c(cc3C2=O)OCO4)cc1. The van der Waals surface area contributed by atoms with Crippen LogP contribution in [0.25, 0.3) is 0 Å². The van der Waals surface area contributed by atoms with Gasteiger partial charge in [0.25, 0.3) is 5.91 Å². The van der Waals surface area contributed by atoms with Gasteiger partial charge in [-0.2, -0.15) is 0 Å². The molecule has 4 rings (SSSR count). The Morgan fingerprint density at radius 1 is 1.05 bits per heavy atom. The average molecular weight is 295 g/mol. The molecule has 2 aliphatic rings. The van der Waals surface area contributed by atoms with Crippen LogP contribution in [0.3, 0.4) is 0 Å². The van der Waals surface area contributed by atoms with Crippen LogP contribution in [0, 0.1) is 0 Å². The van der Waals surface area contributed by atoms with Crippen molar-refractivity contribution in [3.05, 3.63) is 53.1 Å². The van der Waals surface area contributed by atoms with E-state index in [1.165, 1.54) is 5.56 Å². The molecule has 2 aromatic carbocycles. The number of benzene rings is 2. The maximum absolute atomic E-state index is 12.6. The van der Waals surface area contributed by atoms with E-state index >= 15 is 0 Å². The van der Waals surface area contributed by atoms with Crippen LogP contribution in [0.4, 0.5) is 5.69 Å². The van der Waals surface area contributed by atoms with Gasteiger partial charge in [-0.15, -0.1) is 0 Å². The third-order valence-corrected chi connectivity index (χ3v) is 4.27. The number of hydrogen-bond donors (Lipinski definition) is 0. The first-order valence-electron chi connectivity index (χ1n) is 7.48. The molecule has 0 radical (unpaired) electrons. The van der Waals surface area contributed by atoms with Crippen molar-refractivity contribution in [2.75, 3.05) is 11.7 Å². The lowest BCUT2D eigenvalue weighted by Gasteiger charge is -2.16. The fourth-order valence-corrected chi connectivity index (χ4v) is 2.95. The molecule has 2 heterocycles. The number of nitrogens with zero attached hydrogens (tertiary/aromatic N) is 1. The topological polar surface area (TPSA) is 38.8 Å². The van der Waals surface area contributed by atoms with Crippen LogP contribution < -0.4 is 14.4 Å². The van der Waals surface area contributed by atoms with Crippen LogP contribution in [0.2, 0.25) is 0 Å². The highest BCUT2D eigenvalue weighted by molar-refractivity contribution is 6.10. The van der Waals surface area contributed by atoms with Gasteiger partial charge in [0.15, 0.2) is 11.5 Å². The fraction of sp³-hybridized carbons (Fsp3) is 0.278. The summed E-state index contributed by atoms with van der Waals surface area (Å²) in [7, 11) is 0. The second-order valence-corrected chi connectivity index (χ2v) is 6.00. The molecule has 2 aliphatic heterocycles. The van der Waals surface area contributed by atoms with Gasteiger partial charge in [-0.05, 0) is 41.3 Å². The lowest BCUT2D eigenvalue weighted by molar-refractivity contribution is 0.0996. The summed E-state index contributed by atoms with van der Waals surface area (Å²) in [5.74, 6) is 1.89. The van der Waals surface area contributed by atoms with E-state index in [-0.39, 0.29) is 12.7 Å². The Bertz CT molecular complexity index is 750. The zero-order valence-electron chi connectivity index (χ0n) is 12.6. The van der Waals surface area contributed by atoms with Crippen LogP contribution in [0.15, 0.2) is 36.4 Å². The molecule has 0 spiro atoms. The molecule has 0 saturated carbocycles. The van der Waals surface area contributed by atoms with Gasteiger partial charge in [-0.1, -0.05) is 26.0 Å². The standard InChI is InChI=1S/C18H17NO3/c1-11(2)12-3-5-14(6-4-12)19-9-13-7-16-17(22-10-21-16)8-15(13)18(19)20/h3-8,11H,9-10H2,1-2H3. The van der Waals surface area contributed by atoms with Gasteiger partial charge in [-0.3, -0.25) is 4.79 Å². The summed E-state index contributed by atoms with van der Waals surface area (Å²) >= 11 is 0. The summed E-state index contributed by atoms with van der Waals surface area (Å²) in [4.78, 5) is 14.4. The van der Waals surface area contributed by atoms with Crippen molar-refractivity contribution in [3.8, 4) is 11.5 Å². The Balaban J connectivity index is 1.66. The molecular weight excluding hydrogens is 278 g/mol. The second kappa shape index (κ2) is 4.77. The third kappa shape index (κ3) is 1.95. The van der Waals surface area contributed by atoms with Crippen molar-refractivity contribution < 1.29 is 14.3 Å². The van der Waals surface area contributed by atoms with Crippen molar-refractivity contribution in [1.29, 1.82) is 0 Å². The van der Waals surface area contributed by atoms with E-state index in [1.54, 1.807) is 11.0 Å². The lowest BCUT2D eigenvalue weighted by Crippen LogP contribution is -2.22. The van der Waals surface area contributed by atoms with Gasteiger partial charge < -0.3 is 14.4 Å². The molecular formula is C18H17NO3. The summed E-state index contributed by atoms with van der Waals surface area (Å²) in [6.45, 7) is 5.12.